The lowest BCUT2D eigenvalue weighted by Crippen LogP contribution is -2.33. The molecule has 0 radical (unpaired) electrons. The molecule has 1 fully saturated rings. The van der Waals surface area contributed by atoms with Crippen LogP contribution in [-0.4, -0.2) is 62.3 Å². The Morgan fingerprint density at radius 3 is 2.18 bits per heavy atom. The first-order valence-corrected chi connectivity index (χ1v) is 10.6. The Hall–Kier alpha value is -3.52. The second-order valence-corrected chi connectivity index (χ2v) is 7.75. The van der Waals surface area contributed by atoms with Gasteiger partial charge in [0.2, 0.25) is 0 Å². The van der Waals surface area contributed by atoms with Gasteiger partial charge in [0.25, 0.3) is 11.7 Å². The number of ether oxygens (including phenoxy) is 4. The van der Waals surface area contributed by atoms with Crippen molar-refractivity contribution in [2.75, 3.05) is 34.5 Å². The molecule has 0 bridgehead atoms. The smallest absolute Gasteiger partial charge is 0.295 e. The molecule has 8 heteroatoms. The summed E-state index contributed by atoms with van der Waals surface area (Å²) < 4.78 is 21.5. The number of hydrogen-bond acceptors (Lipinski definition) is 7. The maximum atomic E-state index is 13.1. The standard InChI is InChI=1S/C25H29NO7/c1-15(2)33-13-12-26-22(16-6-8-17(30-3)9-7-16)21(24(28)25(26)29)23(27)19-14-18(31-4)10-11-20(19)32-5/h6-11,14-15,22,27H,12-13H2,1-5H3/b23-21+. The molecule has 0 aromatic heterocycles. The minimum absolute atomic E-state index is 0.0256. The molecule has 1 heterocycles. The lowest BCUT2D eigenvalue weighted by molar-refractivity contribution is -0.140. The number of nitrogens with zero attached hydrogens (tertiary/aromatic N) is 1. The molecule has 0 aliphatic carbocycles. The van der Waals surface area contributed by atoms with Crippen LogP contribution in [0.1, 0.15) is 31.0 Å². The largest absolute Gasteiger partial charge is 0.507 e. The summed E-state index contributed by atoms with van der Waals surface area (Å²) in [7, 11) is 4.51. The van der Waals surface area contributed by atoms with E-state index in [9.17, 15) is 14.7 Å². The molecule has 8 nitrogen and oxygen atoms in total. The van der Waals surface area contributed by atoms with Gasteiger partial charge in [0.05, 0.1) is 51.2 Å². The van der Waals surface area contributed by atoms with Crippen molar-refractivity contribution in [3.05, 3.63) is 59.2 Å². The van der Waals surface area contributed by atoms with E-state index < -0.39 is 17.7 Å². The highest BCUT2D eigenvalue weighted by Crippen LogP contribution is 2.41. The van der Waals surface area contributed by atoms with E-state index in [-0.39, 0.29) is 36.2 Å². The number of rotatable bonds is 9. The number of hydrogen-bond donors (Lipinski definition) is 1. The molecule has 1 amide bonds. The molecule has 3 rings (SSSR count). The van der Waals surface area contributed by atoms with Crippen LogP contribution >= 0.6 is 0 Å². The second kappa shape index (κ2) is 10.4. The van der Waals surface area contributed by atoms with E-state index in [0.29, 0.717) is 22.8 Å². The van der Waals surface area contributed by atoms with Crippen LogP contribution < -0.4 is 14.2 Å². The van der Waals surface area contributed by atoms with Gasteiger partial charge in [-0.05, 0) is 49.7 Å². The molecule has 2 aromatic rings. The molecule has 1 aliphatic heterocycles. The third-order valence-corrected chi connectivity index (χ3v) is 5.42. The molecular formula is C25H29NO7. The lowest BCUT2D eigenvalue weighted by atomic mass is 9.95. The molecule has 1 saturated heterocycles. The van der Waals surface area contributed by atoms with Crippen molar-refractivity contribution in [1.82, 2.24) is 4.90 Å². The van der Waals surface area contributed by atoms with Gasteiger partial charge in [-0.2, -0.15) is 0 Å². The highest BCUT2D eigenvalue weighted by molar-refractivity contribution is 6.46. The van der Waals surface area contributed by atoms with Gasteiger partial charge in [-0.3, -0.25) is 9.59 Å². The summed E-state index contributed by atoms with van der Waals surface area (Å²) in [4.78, 5) is 27.6. The van der Waals surface area contributed by atoms with Crippen LogP contribution in [0.25, 0.3) is 5.76 Å². The molecule has 1 N–H and O–H groups in total. The highest BCUT2D eigenvalue weighted by Gasteiger charge is 2.46. The quantitative estimate of drug-likeness (QED) is 0.351. The third kappa shape index (κ3) is 4.96. The summed E-state index contributed by atoms with van der Waals surface area (Å²) in [5.41, 5.74) is 0.885. The van der Waals surface area contributed by atoms with Gasteiger partial charge in [-0.1, -0.05) is 12.1 Å². The Kier molecular flexibility index (Phi) is 7.60. The number of carbonyl (C=O) groups excluding carboxylic acids is 2. The first-order valence-electron chi connectivity index (χ1n) is 10.6. The van der Waals surface area contributed by atoms with E-state index in [4.69, 9.17) is 18.9 Å². The molecular weight excluding hydrogens is 426 g/mol. The van der Waals surface area contributed by atoms with Crippen molar-refractivity contribution in [2.24, 2.45) is 0 Å². The number of amides is 1. The van der Waals surface area contributed by atoms with E-state index >= 15 is 0 Å². The molecule has 1 unspecified atom stereocenters. The summed E-state index contributed by atoms with van der Waals surface area (Å²) in [6.07, 6.45) is -0.0256. The van der Waals surface area contributed by atoms with Gasteiger partial charge in [0.15, 0.2) is 0 Å². The third-order valence-electron chi connectivity index (χ3n) is 5.42. The Labute approximate surface area is 193 Å². The summed E-state index contributed by atoms with van der Waals surface area (Å²) in [6, 6.07) is 11.1. The van der Waals surface area contributed by atoms with E-state index in [1.807, 2.05) is 13.8 Å². The Morgan fingerprint density at radius 1 is 0.970 bits per heavy atom. The van der Waals surface area contributed by atoms with Crippen LogP contribution in [0.4, 0.5) is 0 Å². The SMILES string of the molecule is COc1ccc(C2/C(=C(\O)c3cc(OC)ccc3OC)C(=O)C(=O)N2CCOC(C)C)cc1. The summed E-state index contributed by atoms with van der Waals surface area (Å²) in [5, 5.41) is 11.3. The fourth-order valence-corrected chi connectivity index (χ4v) is 3.77. The molecule has 0 saturated carbocycles. The van der Waals surface area contributed by atoms with E-state index in [0.717, 1.165) is 0 Å². The molecule has 2 aromatic carbocycles. The van der Waals surface area contributed by atoms with Crippen LogP contribution in [0.3, 0.4) is 0 Å². The molecule has 33 heavy (non-hydrogen) atoms. The van der Waals surface area contributed by atoms with Gasteiger partial charge < -0.3 is 29.0 Å². The zero-order valence-corrected chi connectivity index (χ0v) is 19.5. The van der Waals surface area contributed by atoms with Crippen molar-refractivity contribution < 1.29 is 33.6 Å². The number of Topliss-reactive ketones (excluding diaryl/α,β-unsaturated/α-hetero) is 1. The number of likely N-dealkylation sites (tertiary alicyclic amines) is 1. The maximum Gasteiger partial charge on any atom is 0.295 e. The zero-order valence-electron chi connectivity index (χ0n) is 19.5. The van der Waals surface area contributed by atoms with Crippen LogP contribution in [0, 0.1) is 0 Å². The van der Waals surface area contributed by atoms with Crippen molar-refractivity contribution in [1.29, 1.82) is 0 Å². The second-order valence-electron chi connectivity index (χ2n) is 7.75. The zero-order chi connectivity index (χ0) is 24.1. The normalized spacial score (nSPS) is 17.5. The number of carbonyl (C=O) groups is 2. The number of aliphatic hydroxyl groups is 1. The summed E-state index contributed by atoms with van der Waals surface area (Å²) >= 11 is 0. The van der Waals surface area contributed by atoms with Gasteiger partial charge >= 0.3 is 0 Å². The molecule has 1 atom stereocenters. The summed E-state index contributed by atoms with van der Waals surface area (Å²) in [6.45, 7) is 4.22. The average molecular weight is 456 g/mol. The van der Waals surface area contributed by atoms with Gasteiger partial charge in [-0.25, -0.2) is 0 Å². The van der Waals surface area contributed by atoms with E-state index in [2.05, 4.69) is 0 Å². The number of methoxy groups -OCH3 is 3. The average Bonchev–Trinajstić information content (AvgIpc) is 3.08. The Bertz CT molecular complexity index is 1040. The molecule has 0 spiro atoms. The van der Waals surface area contributed by atoms with Crippen molar-refractivity contribution in [3.8, 4) is 17.2 Å². The first-order chi connectivity index (χ1) is 15.8. The van der Waals surface area contributed by atoms with Crippen LogP contribution in [0.15, 0.2) is 48.0 Å². The van der Waals surface area contributed by atoms with Gasteiger partial charge in [0.1, 0.15) is 23.0 Å². The number of ketones is 1. The van der Waals surface area contributed by atoms with Crippen molar-refractivity contribution in [3.63, 3.8) is 0 Å². The fraction of sp³-hybridized carbons (Fsp3) is 0.360. The first kappa shape index (κ1) is 24.1. The predicted molar refractivity (Wildman–Crippen MR) is 123 cm³/mol. The van der Waals surface area contributed by atoms with Gasteiger partial charge in [0, 0.05) is 6.54 Å². The van der Waals surface area contributed by atoms with E-state index in [1.54, 1.807) is 49.6 Å². The predicted octanol–water partition coefficient (Wildman–Crippen LogP) is 3.56. The van der Waals surface area contributed by atoms with E-state index in [1.165, 1.54) is 19.1 Å². The molecule has 1 aliphatic rings. The van der Waals surface area contributed by atoms with Crippen LogP contribution in [0.5, 0.6) is 17.2 Å². The maximum absolute atomic E-state index is 13.1. The van der Waals surface area contributed by atoms with Crippen LogP contribution in [0.2, 0.25) is 0 Å². The van der Waals surface area contributed by atoms with Crippen LogP contribution in [-0.2, 0) is 14.3 Å². The summed E-state index contributed by atoms with van der Waals surface area (Å²) in [5.74, 6) is -0.367. The molecule has 176 valence electrons. The topological polar surface area (TPSA) is 94.5 Å². The fourth-order valence-electron chi connectivity index (χ4n) is 3.77. The lowest BCUT2D eigenvalue weighted by Gasteiger charge is -2.26. The Balaban J connectivity index is 2.16. The minimum atomic E-state index is -0.803. The van der Waals surface area contributed by atoms with Crippen molar-refractivity contribution >= 4 is 17.4 Å². The van der Waals surface area contributed by atoms with Gasteiger partial charge in [-0.15, -0.1) is 0 Å². The monoisotopic (exact) mass is 455 g/mol. The number of aliphatic hydroxyl groups excluding tert-OH is 1. The van der Waals surface area contributed by atoms with Crippen molar-refractivity contribution in [2.45, 2.75) is 26.0 Å². The number of benzene rings is 2. The minimum Gasteiger partial charge on any atom is -0.507 e. The highest BCUT2D eigenvalue weighted by atomic mass is 16.5. The Morgan fingerprint density at radius 2 is 1.61 bits per heavy atom.